The van der Waals surface area contributed by atoms with Crippen molar-refractivity contribution in [2.24, 2.45) is 11.3 Å². The van der Waals surface area contributed by atoms with Crippen molar-refractivity contribution in [1.29, 1.82) is 0 Å². The van der Waals surface area contributed by atoms with Gasteiger partial charge in [-0.05, 0) is 43.6 Å². The molecule has 7 heteroatoms. The van der Waals surface area contributed by atoms with E-state index in [9.17, 15) is 9.59 Å². The number of hydrogen-bond acceptors (Lipinski definition) is 5. The number of carbonyl (C=O) groups is 2. The van der Waals surface area contributed by atoms with Crippen molar-refractivity contribution in [3.8, 4) is 5.75 Å². The van der Waals surface area contributed by atoms with Gasteiger partial charge in [0, 0.05) is 38.6 Å². The van der Waals surface area contributed by atoms with E-state index in [2.05, 4.69) is 10.6 Å². The molecule has 0 bridgehead atoms. The molecule has 2 fully saturated rings. The quantitative estimate of drug-likeness (QED) is 0.698. The molecule has 0 aromatic heterocycles. The number of nitrogens with zero attached hydrogens (tertiary/aromatic N) is 1. The number of likely N-dealkylation sites (tertiary alicyclic amines) is 1. The van der Waals surface area contributed by atoms with Crippen molar-refractivity contribution in [2.45, 2.75) is 25.8 Å². The summed E-state index contributed by atoms with van der Waals surface area (Å²) in [4.78, 5) is 26.8. The Labute approximate surface area is 166 Å². The van der Waals surface area contributed by atoms with Crippen molar-refractivity contribution in [2.75, 3.05) is 47.0 Å². The minimum Gasteiger partial charge on any atom is -0.497 e. The van der Waals surface area contributed by atoms with Gasteiger partial charge in [-0.1, -0.05) is 12.1 Å². The van der Waals surface area contributed by atoms with Crippen molar-refractivity contribution in [1.82, 2.24) is 15.5 Å². The maximum absolute atomic E-state index is 12.7. The summed E-state index contributed by atoms with van der Waals surface area (Å²) in [7, 11) is 3.33. The first kappa shape index (κ1) is 20.6. The summed E-state index contributed by atoms with van der Waals surface area (Å²) >= 11 is 0. The first-order chi connectivity index (χ1) is 13.5. The third-order valence-corrected chi connectivity index (χ3v) is 5.87. The van der Waals surface area contributed by atoms with E-state index in [0.29, 0.717) is 26.2 Å². The molecule has 154 valence electrons. The van der Waals surface area contributed by atoms with E-state index in [1.807, 2.05) is 24.3 Å². The molecule has 2 heterocycles. The highest BCUT2D eigenvalue weighted by Gasteiger charge is 2.37. The number of benzene rings is 1. The standard InChI is InChI=1S/C21H31N3O4/c1-27-15-21(7-9-22-10-8-21)14-23-20(26)17-11-19(25)24(13-17)12-16-3-5-18(28-2)6-4-16/h3-6,17,22H,7-15H2,1-2H3,(H,23,26). The fourth-order valence-corrected chi connectivity index (χ4v) is 4.11. The summed E-state index contributed by atoms with van der Waals surface area (Å²) in [5, 5.41) is 6.45. The van der Waals surface area contributed by atoms with E-state index in [4.69, 9.17) is 9.47 Å². The monoisotopic (exact) mass is 389 g/mol. The van der Waals surface area contributed by atoms with Crippen LogP contribution in [-0.4, -0.2) is 63.7 Å². The molecule has 2 saturated heterocycles. The van der Waals surface area contributed by atoms with E-state index in [1.165, 1.54) is 0 Å². The van der Waals surface area contributed by atoms with Crippen LogP contribution in [0.1, 0.15) is 24.8 Å². The minimum atomic E-state index is -0.285. The smallest absolute Gasteiger partial charge is 0.225 e. The molecule has 2 N–H and O–H groups in total. The Morgan fingerprint density at radius 1 is 1.25 bits per heavy atom. The molecule has 7 nitrogen and oxygen atoms in total. The zero-order valence-electron chi connectivity index (χ0n) is 16.8. The van der Waals surface area contributed by atoms with Crippen LogP contribution >= 0.6 is 0 Å². The normalized spacial score (nSPS) is 21.6. The first-order valence-electron chi connectivity index (χ1n) is 9.93. The number of rotatable bonds is 8. The van der Waals surface area contributed by atoms with Crippen LogP contribution in [0.4, 0.5) is 0 Å². The Kier molecular flexibility index (Phi) is 6.91. The number of carbonyl (C=O) groups excluding carboxylic acids is 2. The molecule has 0 radical (unpaired) electrons. The van der Waals surface area contributed by atoms with Crippen LogP contribution in [0, 0.1) is 11.3 Å². The van der Waals surface area contributed by atoms with Gasteiger partial charge in [-0.2, -0.15) is 0 Å². The topological polar surface area (TPSA) is 79.9 Å². The second kappa shape index (κ2) is 9.39. The molecule has 1 aromatic carbocycles. The third-order valence-electron chi connectivity index (χ3n) is 5.87. The Balaban J connectivity index is 1.52. The average Bonchev–Trinajstić information content (AvgIpc) is 3.08. The van der Waals surface area contributed by atoms with Crippen molar-refractivity contribution >= 4 is 11.8 Å². The summed E-state index contributed by atoms with van der Waals surface area (Å²) in [6.07, 6.45) is 2.24. The van der Waals surface area contributed by atoms with Crippen LogP contribution in [0.25, 0.3) is 0 Å². The van der Waals surface area contributed by atoms with Gasteiger partial charge in [0.1, 0.15) is 5.75 Å². The molecule has 1 unspecified atom stereocenters. The Morgan fingerprint density at radius 3 is 2.61 bits per heavy atom. The van der Waals surface area contributed by atoms with Crippen LogP contribution in [0.5, 0.6) is 5.75 Å². The molecule has 28 heavy (non-hydrogen) atoms. The number of methoxy groups -OCH3 is 2. The SMILES string of the molecule is COCC1(CNC(=O)C2CC(=O)N(Cc3ccc(OC)cc3)C2)CCNCC1. The first-order valence-corrected chi connectivity index (χ1v) is 9.93. The summed E-state index contributed by atoms with van der Waals surface area (Å²) in [5.41, 5.74) is 1.02. The van der Waals surface area contributed by atoms with Gasteiger partial charge < -0.3 is 25.0 Å². The molecule has 0 aliphatic carbocycles. The number of amides is 2. The highest BCUT2D eigenvalue weighted by Crippen LogP contribution is 2.29. The van der Waals surface area contributed by atoms with E-state index in [-0.39, 0.29) is 29.6 Å². The van der Waals surface area contributed by atoms with Gasteiger partial charge in [0.2, 0.25) is 11.8 Å². The molecule has 0 saturated carbocycles. The summed E-state index contributed by atoms with van der Waals surface area (Å²) < 4.78 is 10.6. The Morgan fingerprint density at radius 2 is 1.96 bits per heavy atom. The molecule has 2 aliphatic heterocycles. The van der Waals surface area contributed by atoms with Crippen molar-refractivity contribution in [3.05, 3.63) is 29.8 Å². The highest BCUT2D eigenvalue weighted by molar-refractivity contribution is 5.89. The molecular formula is C21H31N3O4. The van der Waals surface area contributed by atoms with Gasteiger partial charge in [-0.15, -0.1) is 0 Å². The van der Waals surface area contributed by atoms with Gasteiger partial charge in [-0.25, -0.2) is 0 Å². The number of piperidine rings is 1. The predicted molar refractivity (Wildman–Crippen MR) is 106 cm³/mol. The minimum absolute atomic E-state index is 0.0128. The lowest BCUT2D eigenvalue weighted by molar-refractivity contribution is -0.129. The lowest BCUT2D eigenvalue weighted by Crippen LogP contribution is -2.48. The van der Waals surface area contributed by atoms with Gasteiger partial charge in [0.05, 0.1) is 19.6 Å². The van der Waals surface area contributed by atoms with Crippen molar-refractivity contribution in [3.63, 3.8) is 0 Å². The molecule has 1 atom stereocenters. The van der Waals surface area contributed by atoms with E-state index in [1.54, 1.807) is 19.1 Å². The lowest BCUT2D eigenvalue weighted by Gasteiger charge is -2.37. The van der Waals surface area contributed by atoms with Crippen LogP contribution in [0.3, 0.4) is 0 Å². The number of nitrogens with one attached hydrogen (secondary N) is 2. The maximum atomic E-state index is 12.7. The third kappa shape index (κ3) is 5.02. The van der Waals surface area contributed by atoms with Gasteiger partial charge in [0.25, 0.3) is 0 Å². The van der Waals surface area contributed by atoms with Crippen LogP contribution in [-0.2, 0) is 20.9 Å². The fraction of sp³-hybridized carbons (Fsp3) is 0.619. The van der Waals surface area contributed by atoms with E-state index in [0.717, 1.165) is 37.2 Å². The highest BCUT2D eigenvalue weighted by atomic mass is 16.5. The van der Waals surface area contributed by atoms with Crippen molar-refractivity contribution < 1.29 is 19.1 Å². The second-order valence-electron chi connectivity index (χ2n) is 7.92. The lowest BCUT2D eigenvalue weighted by atomic mass is 9.79. The zero-order chi connectivity index (χ0) is 20.0. The fourth-order valence-electron chi connectivity index (χ4n) is 4.11. The molecule has 0 spiro atoms. The van der Waals surface area contributed by atoms with E-state index < -0.39 is 0 Å². The summed E-state index contributed by atoms with van der Waals surface area (Å²) in [6, 6.07) is 7.67. The maximum Gasteiger partial charge on any atom is 0.225 e. The van der Waals surface area contributed by atoms with Gasteiger partial charge >= 0.3 is 0 Å². The van der Waals surface area contributed by atoms with Crippen LogP contribution in [0.2, 0.25) is 0 Å². The molecule has 1 aromatic rings. The molecule has 3 rings (SSSR count). The second-order valence-corrected chi connectivity index (χ2v) is 7.92. The van der Waals surface area contributed by atoms with Gasteiger partial charge in [0.15, 0.2) is 0 Å². The summed E-state index contributed by atoms with van der Waals surface area (Å²) in [6.45, 7) is 4.11. The van der Waals surface area contributed by atoms with E-state index >= 15 is 0 Å². The average molecular weight is 389 g/mol. The number of ether oxygens (including phenoxy) is 2. The molecular weight excluding hydrogens is 358 g/mol. The zero-order valence-corrected chi connectivity index (χ0v) is 16.8. The van der Waals surface area contributed by atoms with Gasteiger partial charge in [-0.3, -0.25) is 9.59 Å². The Hall–Kier alpha value is -2.12. The molecule has 2 amide bonds. The predicted octanol–water partition coefficient (Wildman–Crippen LogP) is 1.18. The van der Waals surface area contributed by atoms with Crippen LogP contribution < -0.4 is 15.4 Å². The molecule has 2 aliphatic rings. The number of hydrogen-bond donors (Lipinski definition) is 2. The summed E-state index contributed by atoms with van der Waals surface area (Å²) in [5.74, 6) is 0.507. The van der Waals surface area contributed by atoms with Crippen LogP contribution in [0.15, 0.2) is 24.3 Å². The Bertz CT molecular complexity index is 665. The largest absolute Gasteiger partial charge is 0.497 e.